The summed E-state index contributed by atoms with van der Waals surface area (Å²) in [5, 5.41) is 0. The summed E-state index contributed by atoms with van der Waals surface area (Å²) in [6.45, 7) is 0. The van der Waals surface area contributed by atoms with Gasteiger partial charge in [0.25, 0.3) is 0 Å². The first kappa shape index (κ1) is 6.97. The normalized spacial score (nSPS) is 11.8. The molecule has 0 heterocycles. The van der Waals surface area contributed by atoms with Crippen LogP contribution in [0.2, 0.25) is 0 Å². The van der Waals surface area contributed by atoms with Gasteiger partial charge in [0.1, 0.15) is 0 Å². The van der Waals surface area contributed by atoms with Gasteiger partial charge in [0.05, 0.1) is 0 Å². The fourth-order valence-electron chi connectivity index (χ4n) is 0. The van der Waals surface area contributed by atoms with Crippen molar-refractivity contribution in [1.82, 2.24) is 0 Å². The maximum absolute atomic E-state index is 9.53. The Morgan fingerprint density at radius 2 is 1.83 bits per heavy atom. The predicted octanol–water partition coefficient (Wildman–Crippen LogP) is -0.796. The first-order valence-electron chi connectivity index (χ1n) is 0.919. The zero-order valence-electron chi connectivity index (χ0n) is 2.54. The van der Waals surface area contributed by atoms with Gasteiger partial charge in [-0.05, 0) is 0 Å². The van der Waals surface area contributed by atoms with Crippen molar-refractivity contribution in [2.45, 2.75) is 0 Å². The average Bonchev–Trinajstić information content (AvgIpc) is 1.35. The molecule has 0 aromatic rings. The number of hydrogen-bond acceptors (Lipinski definition) is 2. The quantitative estimate of drug-likeness (QED) is 0.482. The second-order valence-electron chi connectivity index (χ2n) is 0.560. The Morgan fingerprint density at radius 3 is 1.83 bits per heavy atom. The molecule has 6 heteroatoms. The summed E-state index contributed by atoms with van der Waals surface area (Å²) in [7, 11) is 0. The van der Waals surface area contributed by atoms with Gasteiger partial charge < -0.3 is 0 Å². The molecular formula is H2AsIO4. The average molecular weight is 268 g/mol. The standard InChI is InChI=1S/AsH2IO4/c2-6-1(3,4)5/h(H2,3,4,5). The Balaban J connectivity index is 3.48. The van der Waals surface area contributed by atoms with Gasteiger partial charge in [-0.15, -0.1) is 0 Å². The van der Waals surface area contributed by atoms with E-state index in [9.17, 15) is 3.74 Å². The molecule has 0 atom stereocenters. The molecule has 0 fully saturated rings. The van der Waals surface area contributed by atoms with Gasteiger partial charge in [-0.2, -0.15) is 0 Å². The molecule has 0 aliphatic heterocycles. The molecule has 0 unspecified atom stereocenters. The minimum absolute atomic E-state index is 1.16. The Bertz CT molecular complexity index is 71.6. The SMILES string of the molecule is O=[As](O)(O)OI. The van der Waals surface area contributed by atoms with Gasteiger partial charge in [-0.1, -0.05) is 0 Å². The molecule has 0 rings (SSSR count). The van der Waals surface area contributed by atoms with Crippen LogP contribution in [0.5, 0.6) is 0 Å². The summed E-state index contributed by atoms with van der Waals surface area (Å²) in [5.74, 6) is 0. The summed E-state index contributed by atoms with van der Waals surface area (Å²) < 4.78 is 28.7. The van der Waals surface area contributed by atoms with E-state index in [0.29, 0.717) is 0 Å². The molecule has 6 heavy (non-hydrogen) atoms. The molecule has 0 amide bonds. The summed E-state index contributed by atoms with van der Waals surface area (Å²) in [6, 6.07) is 0. The summed E-state index contributed by atoms with van der Waals surface area (Å²) in [5.41, 5.74) is 0. The Hall–Kier alpha value is 0.968. The number of hydrogen-bond donors (Lipinski definition) is 2. The van der Waals surface area contributed by atoms with Crippen molar-refractivity contribution in [2.75, 3.05) is 0 Å². The van der Waals surface area contributed by atoms with Gasteiger partial charge in [0.15, 0.2) is 0 Å². The Morgan fingerprint density at radius 1 is 1.67 bits per heavy atom. The van der Waals surface area contributed by atoms with E-state index in [1.807, 2.05) is 0 Å². The summed E-state index contributed by atoms with van der Waals surface area (Å²) in [4.78, 5) is 0. The molecule has 0 aromatic heterocycles. The van der Waals surface area contributed by atoms with E-state index in [2.05, 4.69) is 2.06 Å². The van der Waals surface area contributed by atoms with Gasteiger partial charge >= 0.3 is 51.5 Å². The molecule has 0 saturated heterocycles. The van der Waals surface area contributed by atoms with Crippen molar-refractivity contribution in [3.8, 4) is 0 Å². The van der Waals surface area contributed by atoms with E-state index in [1.165, 1.54) is 0 Å². The molecule has 4 nitrogen and oxygen atoms in total. The van der Waals surface area contributed by atoms with E-state index in [0.717, 1.165) is 23.0 Å². The molecule has 0 radical (unpaired) electrons. The van der Waals surface area contributed by atoms with E-state index in [4.69, 9.17) is 8.19 Å². The third-order valence-corrected chi connectivity index (χ3v) is 3.13. The molecule has 0 aliphatic rings. The number of halogens is 1. The summed E-state index contributed by atoms with van der Waals surface area (Å²) in [6.07, 6.45) is 0. The fraction of sp³-hybridized carbons (Fsp3) is 0. The van der Waals surface area contributed by atoms with Crippen LogP contribution in [0.4, 0.5) is 0 Å². The first-order chi connectivity index (χ1) is 2.56. The molecule has 0 saturated carbocycles. The van der Waals surface area contributed by atoms with Crippen LogP contribution in [0.15, 0.2) is 0 Å². The Labute approximate surface area is 51.5 Å². The van der Waals surface area contributed by atoms with Crippen LogP contribution in [-0.4, -0.2) is 22.7 Å². The topological polar surface area (TPSA) is 66.8 Å². The van der Waals surface area contributed by atoms with Crippen molar-refractivity contribution in [3.63, 3.8) is 0 Å². The van der Waals surface area contributed by atoms with Crippen LogP contribution >= 0.6 is 23.0 Å². The third kappa shape index (κ3) is 4.97. The maximum atomic E-state index is 9.53. The fourth-order valence-corrected chi connectivity index (χ4v) is 0. The van der Waals surface area contributed by atoms with Crippen LogP contribution in [0.1, 0.15) is 0 Å². The van der Waals surface area contributed by atoms with Crippen molar-refractivity contribution in [1.29, 1.82) is 0 Å². The number of rotatable bonds is 1. The second-order valence-corrected chi connectivity index (χ2v) is 4.95. The van der Waals surface area contributed by atoms with Crippen LogP contribution in [-0.2, 0) is 5.79 Å². The monoisotopic (exact) mass is 268 g/mol. The molecular weight excluding hydrogens is 266 g/mol. The van der Waals surface area contributed by atoms with E-state index in [-0.39, 0.29) is 0 Å². The van der Waals surface area contributed by atoms with Crippen LogP contribution in [0.25, 0.3) is 0 Å². The van der Waals surface area contributed by atoms with Gasteiger partial charge in [0, 0.05) is 0 Å². The minimum atomic E-state index is -4.67. The molecule has 0 bridgehead atoms. The van der Waals surface area contributed by atoms with Crippen LogP contribution in [0.3, 0.4) is 0 Å². The van der Waals surface area contributed by atoms with Gasteiger partial charge in [0.2, 0.25) is 0 Å². The van der Waals surface area contributed by atoms with Crippen molar-refractivity contribution < 1.29 is 14.0 Å². The van der Waals surface area contributed by atoms with Gasteiger partial charge in [-0.3, -0.25) is 0 Å². The Kier molecular flexibility index (Phi) is 2.69. The molecule has 2 N–H and O–H groups in total. The van der Waals surface area contributed by atoms with Crippen LogP contribution < -0.4 is 0 Å². The van der Waals surface area contributed by atoms with E-state index >= 15 is 0 Å². The zero-order chi connectivity index (χ0) is 5.21. The predicted molar refractivity (Wildman–Crippen MR) is 26.0 cm³/mol. The van der Waals surface area contributed by atoms with Crippen LogP contribution in [0, 0.1) is 0 Å². The molecule has 0 spiro atoms. The van der Waals surface area contributed by atoms with E-state index < -0.39 is 14.5 Å². The van der Waals surface area contributed by atoms with Crippen molar-refractivity contribution >= 4 is 37.5 Å². The van der Waals surface area contributed by atoms with Gasteiger partial charge in [-0.25, -0.2) is 0 Å². The molecule has 0 aliphatic carbocycles. The third-order valence-electron chi connectivity index (χ3n) is 0.0899. The molecule has 38 valence electrons. The first-order valence-corrected chi connectivity index (χ1v) is 5.01. The summed E-state index contributed by atoms with van der Waals surface area (Å²) >= 11 is -3.52. The van der Waals surface area contributed by atoms with Crippen molar-refractivity contribution in [3.05, 3.63) is 0 Å². The van der Waals surface area contributed by atoms with Crippen molar-refractivity contribution in [2.24, 2.45) is 0 Å². The second kappa shape index (κ2) is 2.32. The van der Waals surface area contributed by atoms with E-state index in [1.54, 1.807) is 0 Å². The zero-order valence-corrected chi connectivity index (χ0v) is 6.57. The molecule has 0 aromatic carbocycles.